The number of nitrogens with one attached hydrogen (secondary N) is 1. The number of non-ortho nitro benzene ring substituents is 1. The van der Waals surface area contributed by atoms with E-state index in [-0.39, 0.29) is 21.0 Å². The molecule has 1 N–H and O–H groups in total. The molecule has 30 heavy (non-hydrogen) atoms. The van der Waals surface area contributed by atoms with Gasteiger partial charge < -0.3 is 10.1 Å². The topological polar surface area (TPSA) is 136 Å². The van der Waals surface area contributed by atoms with Crippen LogP contribution >= 0.6 is 31.9 Å². The molecule has 2 fully saturated rings. The smallest absolute Gasteiger partial charge is 0.326 e. The zero-order valence-electron chi connectivity index (χ0n) is 15.5. The first kappa shape index (κ1) is 22.3. The van der Waals surface area contributed by atoms with Crippen molar-refractivity contribution < 1.29 is 28.8 Å². The summed E-state index contributed by atoms with van der Waals surface area (Å²) in [4.78, 5) is 60.2. The Morgan fingerprint density at radius 2 is 1.77 bits per heavy atom. The number of halogens is 2. The largest absolute Gasteiger partial charge is 0.454 e. The number of amides is 3. The van der Waals surface area contributed by atoms with Crippen molar-refractivity contribution in [2.45, 2.75) is 22.5 Å². The Balaban J connectivity index is 1.51. The number of nitro groups is 1. The van der Waals surface area contributed by atoms with Gasteiger partial charge >= 0.3 is 5.97 Å². The molecule has 1 aromatic carbocycles. The second-order valence-electron chi connectivity index (χ2n) is 7.00. The number of likely N-dealkylation sites (tertiary alicyclic amines) is 1. The van der Waals surface area contributed by atoms with Gasteiger partial charge in [0.2, 0.25) is 11.8 Å². The number of fused-ring (bicyclic) bond motifs is 1. The molecule has 3 amide bonds. The SMILES string of the molecule is O=C(COC(=O)CN1C(=O)[C@H]2C[C@@H](Br)[C@@H](Br)C[C@H]2C1=O)Nc1cccc([N+](=O)[O-])c1. The third-order valence-corrected chi connectivity index (χ3v) is 7.73. The van der Waals surface area contributed by atoms with E-state index in [4.69, 9.17) is 4.74 Å². The van der Waals surface area contributed by atoms with E-state index in [9.17, 15) is 29.3 Å². The number of alkyl halides is 2. The quantitative estimate of drug-likeness (QED) is 0.189. The molecular weight excluding hydrogens is 530 g/mol. The number of benzene rings is 1. The standard InChI is InChI=1S/C18H17Br2N3O7/c19-13-5-11-12(6-14(13)20)18(27)22(17(11)26)7-16(25)30-8-15(24)21-9-2-1-3-10(4-9)23(28)29/h1-4,11-14H,5-8H2,(H,21,24)/t11-,12+,13+,14-. The molecule has 160 valence electrons. The van der Waals surface area contributed by atoms with Gasteiger partial charge in [-0.25, -0.2) is 0 Å². The lowest BCUT2D eigenvalue weighted by atomic mass is 9.81. The zero-order valence-corrected chi connectivity index (χ0v) is 18.6. The maximum absolute atomic E-state index is 12.5. The van der Waals surface area contributed by atoms with Gasteiger partial charge in [-0.2, -0.15) is 0 Å². The number of ether oxygens (including phenoxy) is 1. The summed E-state index contributed by atoms with van der Waals surface area (Å²) in [5.41, 5.74) is -0.0263. The van der Waals surface area contributed by atoms with Crippen molar-refractivity contribution in [3.63, 3.8) is 0 Å². The van der Waals surface area contributed by atoms with Crippen molar-refractivity contribution in [1.82, 2.24) is 4.90 Å². The van der Waals surface area contributed by atoms with Crippen LogP contribution in [-0.2, 0) is 23.9 Å². The molecule has 0 unspecified atom stereocenters. The summed E-state index contributed by atoms with van der Waals surface area (Å²) in [5.74, 6) is -3.36. The Morgan fingerprint density at radius 3 is 2.33 bits per heavy atom. The minimum absolute atomic E-state index is 0.0555. The number of carbonyl (C=O) groups is 4. The number of rotatable bonds is 6. The Bertz CT molecular complexity index is 882. The summed E-state index contributed by atoms with van der Waals surface area (Å²) < 4.78 is 4.86. The van der Waals surface area contributed by atoms with Crippen LogP contribution < -0.4 is 5.32 Å². The lowest BCUT2D eigenvalue weighted by Gasteiger charge is -2.29. The van der Waals surface area contributed by atoms with Crippen molar-refractivity contribution >= 4 is 66.9 Å². The maximum Gasteiger partial charge on any atom is 0.326 e. The molecule has 2 aliphatic rings. The van der Waals surface area contributed by atoms with Gasteiger partial charge in [0.1, 0.15) is 6.54 Å². The molecule has 0 bridgehead atoms. The molecule has 1 aliphatic carbocycles. The van der Waals surface area contributed by atoms with Gasteiger partial charge in [0.05, 0.1) is 16.8 Å². The van der Waals surface area contributed by atoms with E-state index < -0.39 is 53.6 Å². The summed E-state index contributed by atoms with van der Waals surface area (Å²) in [7, 11) is 0. The molecule has 3 rings (SSSR count). The molecule has 0 spiro atoms. The van der Waals surface area contributed by atoms with Crippen LogP contribution in [0.4, 0.5) is 11.4 Å². The molecule has 12 heteroatoms. The summed E-state index contributed by atoms with van der Waals surface area (Å²) in [6, 6.07) is 5.29. The summed E-state index contributed by atoms with van der Waals surface area (Å²) in [5, 5.41) is 13.1. The number of nitrogens with zero attached hydrogens (tertiary/aromatic N) is 2. The predicted octanol–water partition coefficient (Wildman–Crippen LogP) is 2.00. The van der Waals surface area contributed by atoms with Crippen molar-refractivity contribution in [3.05, 3.63) is 34.4 Å². The van der Waals surface area contributed by atoms with Crippen LogP contribution in [0.15, 0.2) is 24.3 Å². The highest BCUT2D eigenvalue weighted by atomic mass is 79.9. The molecule has 1 saturated carbocycles. The van der Waals surface area contributed by atoms with Gasteiger partial charge in [0.25, 0.3) is 11.6 Å². The predicted molar refractivity (Wildman–Crippen MR) is 111 cm³/mol. The summed E-state index contributed by atoms with van der Waals surface area (Å²) in [6.45, 7) is -1.22. The zero-order chi connectivity index (χ0) is 22.0. The Labute approximate surface area is 187 Å². The first-order chi connectivity index (χ1) is 14.2. The van der Waals surface area contributed by atoms with E-state index in [0.717, 1.165) is 11.0 Å². The minimum atomic E-state index is -0.893. The van der Waals surface area contributed by atoms with Crippen LogP contribution in [0.2, 0.25) is 0 Å². The van der Waals surface area contributed by atoms with Crippen molar-refractivity contribution in [2.75, 3.05) is 18.5 Å². The van der Waals surface area contributed by atoms with Gasteiger partial charge in [-0.1, -0.05) is 37.9 Å². The molecule has 4 atom stereocenters. The molecular formula is C18H17Br2N3O7. The normalized spacial score (nSPS) is 25.6. The Kier molecular flexibility index (Phi) is 6.86. The lowest BCUT2D eigenvalue weighted by Crippen LogP contribution is -2.37. The molecule has 1 aliphatic heterocycles. The minimum Gasteiger partial charge on any atom is -0.454 e. The number of anilines is 1. The molecule has 1 heterocycles. The fourth-order valence-corrected chi connectivity index (χ4v) is 4.77. The van der Waals surface area contributed by atoms with E-state index in [2.05, 4.69) is 37.2 Å². The van der Waals surface area contributed by atoms with E-state index in [1.54, 1.807) is 0 Å². The van der Waals surface area contributed by atoms with Crippen LogP contribution in [0.1, 0.15) is 12.8 Å². The third kappa shape index (κ3) is 4.86. The molecule has 0 aromatic heterocycles. The average molecular weight is 547 g/mol. The number of esters is 1. The second-order valence-corrected chi connectivity index (χ2v) is 9.35. The van der Waals surface area contributed by atoms with Gasteiger partial charge in [0, 0.05) is 27.5 Å². The number of nitro benzene ring substituents is 1. The fourth-order valence-electron chi connectivity index (χ4n) is 3.53. The van der Waals surface area contributed by atoms with Crippen LogP contribution in [0, 0.1) is 22.0 Å². The Hall–Kier alpha value is -2.34. The molecule has 1 aromatic rings. The van der Waals surface area contributed by atoms with Crippen LogP contribution in [0.25, 0.3) is 0 Å². The highest BCUT2D eigenvalue weighted by Crippen LogP contribution is 2.43. The second kappa shape index (κ2) is 9.21. The maximum atomic E-state index is 12.5. The van der Waals surface area contributed by atoms with E-state index >= 15 is 0 Å². The van der Waals surface area contributed by atoms with Crippen molar-refractivity contribution in [3.8, 4) is 0 Å². The van der Waals surface area contributed by atoms with Crippen LogP contribution in [0.5, 0.6) is 0 Å². The molecule has 0 radical (unpaired) electrons. The van der Waals surface area contributed by atoms with Crippen LogP contribution in [-0.4, -0.2) is 56.3 Å². The number of hydrogen-bond acceptors (Lipinski definition) is 7. The number of hydrogen-bond donors (Lipinski definition) is 1. The molecule has 10 nitrogen and oxygen atoms in total. The monoisotopic (exact) mass is 545 g/mol. The summed E-state index contributed by atoms with van der Waals surface area (Å²) >= 11 is 6.97. The number of carbonyl (C=O) groups excluding carboxylic acids is 4. The first-order valence-corrected chi connectivity index (χ1v) is 10.8. The van der Waals surface area contributed by atoms with Gasteiger partial charge in [-0.05, 0) is 18.9 Å². The summed E-state index contributed by atoms with van der Waals surface area (Å²) in [6.07, 6.45) is 0.977. The highest BCUT2D eigenvalue weighted by molar-refractivity contribution is 9.12. The fraction of sp³-hybridized carbons (Fsp3) is 0.444. The first-order valence-electron chi connectivity index (χ1n) is 9.00. The van der Waals surface area contributed by atoms with E-state index in [1.165, 1.54) is 18.2 Å². The van der Waals surface area contributed by atoms with E-state index in [1.807, 2.05) is 0 Å². The highest BCUT2D eigenvalue weighted by Gasteiger charge is 2.52. The van der Waals surface area contributed by atoms with E-state index in [0.29, 0.717) is 12.8 Å². The Morgan fingerprint density at radius 1 is 1.17 bits per heavy atom. The average Bonchev–Trinajstić information content (AvgIpc) is 2.91. The van der Waals surface area contributed by atoms with Gasteiger partial charge in [-0.3, -0.25) is 34.2 Å². The lowest BCUT2D eigenvalue weighted by molar-refractivity contribution is -0.384. The molecule has 1 saturated heterocycles. The van der Waals surface area contributed by atoms with Crippen LogP contribution in [0.3, 0.4) is 0 Å². The van der Waals surface area contributed by atoms with Crippen molar-refractivity contribution in [2.24, 2.45) is 11.8 Å². The number of imide groups is 1. The van der Waals surface area contributed by atoms with Crippen molar-refractivity contribution in [1.29, 1.82) is 0 Å². The third-order valence-electron chi connectivity index (χ3n) is 5.00. The van der Waals surface area contributed by atoms with Gasteiger partial charge in [-0.15, -0.1) is 0 Å². The van der Waals surface area contributed by atoms with Gasteiger partial charge in [0.15, 0.2) is 6.61 Å².